The number of piperidine rings is 1. The highest BCUT2D eigenvalue weighted by Crippen LogP contribution is 2.33. The van der Waals surface area contributed by atoms with Crippen molar-refractivity contribution < 1.29 is 9.53 Å². The zero-order chi connectivity index (χ0) is 23.6. The second-order valence-electron chi connectivity index (χ2n) is 9.93. The number of hydrogen-bond donors (Lipinski definition) is 2. The van der Waals surface area contributed by atoms with Crippen molar-refractivity contribution in [3.05, 3.63) is 42.9 Å². The number of carbonyl (C=O) groups is 1. The normalized spacial score (nSPS) is 19.6. The molecule has 8 nitrogen and oxygen atoms in total. The van der Waals surface area contributed by atoms with Crippen LogP contribution in [0.25, 0.3) is 22.0 Å². The number of anilines is 2. The van der Waals surface area contributed by atoms with E-state index >= 15 is 0 Å². The topological polar surface area (TPSA) is 92.3 Å². The highest BCUT2D eigenvalue weighted by atomic mass is 16.5. The number of amides is 1. The number of pyridine rings is 3. The van der Waals surface area contributed by atoms with Gasteiger partial charge < -0.3 is 20.3 Å². The highest BCUT2D eigenvalue weighted by molar-refractivity contribution is 5.94. The molecular formula is C27H32N6O2. The third-order valence-corrected chi connectivity index (χ3v) is 7.33. The fourth-order valence-corrected chi connectivity index (χ4v) is 5.09. The fraction of sp³-hybridized carbons (Fsp3) is 0.481. The lowest BCUT2D eigenvalue weighted by atomic mass is 9.95. The van der Waals surface area contributed by atoms with E-state index in [0.717, 1.165) is 98.5 Å². The van der Waals surface area contributed by atoms with E-state index in [1.54, 1.807) is 0 Å². The van der Waals surface area contributed by atoms with Crippen molar-refractivity contribution >= 4 is 28.3 Å². The SMILES string of the molecule is O=C(NC1CC1)C1CCN(c2nc(-c3ccnc(NC4CCOCC4)c3)cc3cnccc23)CC1. The Balaban J connectivity index is 1.25. The molecule has 35 heavy (non-hydrogen) atoms. The van der Waals surface area contributed by atoms with Gasteiger partial charge in [-0.15, -0.1) is 0 Å². The number of aromatic nitrogens is 3. The molecule has 1 saturated carbocycles. The molecule has 6 rings (SSSR count). The van der Waals surface area contributed by atoms with Gasteiger partial charge in [0.15, 0.2) is 0 Å². The molecule has 0 atom stereocenters. The molecule has 0 aromatic carbocycles. The second kappa shape index (κ2) is 9.77. The molecule has 0 unspecified atom stereocenters. The standard InChI is InChI=1S/C27H32N6O2/c34-27(31-21-1-2-21)18-5-11-33(12-6-18)26-23-4-9-28-17-20(23)15-24(32-26)19-3-10-29-25(16-19)30-22-7-13-35-14-8-22/h3-4,9-10,15-18,21-22H,1-2,5-8,11-14H2,(H,29,30)(H,31,34). The summed E-state index contributed by atoms with van der Waals surface area (Å²) in [5.74, 6) is 2.16. The maximum absolute atomic E-state index is 12.5. The lowest BCUT2D eigenvalue weighted by Gasteiger charge is -2.33. The van der Waals surface area contributed by atoms with E-state index in [-0.39, 0.29) is 11.8 Å². The molecule has 0 bridgehead atoms. The maximum Gasteiger partial charge on any atom is 0.223 e. The largest absolute Gasteiger partial charge is 0.381 e. The average molecular weight is 473 g/mol. The number of rotatable bonds is 6. The lowest BCUT2D eigenvalue weighted by molar-refractivity contribution is -0.125. The number of fused-ring (bicyclic) bond motifs is 1. The van der Waals surface area contributed by atoms with Crippen molar-refractivity contribution in [2.45, 2.75) is 50.6 Å². The van der Waals surface area contributed by atoms with Crippen LogP contribution in [0.2, 0.25) is 0 Å². The van der Waals surface area contributed by atoms with Gasteiger partial charge >= 0.3 is 0 Å². The summed E-state index contributed by atoms with van der Waals surface area (Å²) in [6, 6.07) is 9.04. The first-order valence-corrected chi connectivity index (χ1v) is 12.8. The fourth-order valence-electron chi connectivity index (χ4n) is 5.09. The van der Waals surface area contributed by atoms with E-state index in [1.165, 1.54) is 0 Å². The van der Waals surface area contributed by atoms with Crippen LogP contribution in [0.15, 0.2) is 42.9 Å². The van der Waals surface area contributed by atoms with Gasteiger partial charge in [-0.05, 0) is 62.8 Å². The van der Waals surface area contributed by atoms with Crippen LogP contribution in [0, 0.1) is 5.92 Å². The Morgan fingerprint density at radius 1 is 0.971 bits per heavy atom. The molecule has 1 aliphatic carbocycles. The summed E-state index contributed by atoms with van der Waals surface area (Å²) in [6.07, 6.45) is 11.5. The van der Waals surface area contributed by atoms with Gasteiger partial charge in [0.25, 0.3) is 0 Å². The molecule has 0 spiro atoms. The number of hydrogen-bond acceptors (Lipinski definition) is 7. The summed E-state index contributed by atoms with van der Waals surface area (Å²) in [4.78, 5) is 28.9. The van der Waals surface area contributed by atoms with Crippen molar-refractivity contribution in [2.24, 2.45) is 5.92 Å². The zero-order valence-electron chi connectivity index (χ0n) is 19.9. The minimum absolute atomic E-state index is 0.0991. The van der Waals surface area contributed by atoms with Crippen molar-refractivity contribution in [1.29, 1.82) is 0 Å². The predicted octanol–water partition coefficient (Wildman–Crippen LogP) is 3.78. The van der Waals surface area contributed by atoms with Crippen LogP contribution >= 0.6 is 0 Å². The molecule has 0 radical (unpaired) electrons. The first-order valence-electron chi connectivity index (χ1n) is 12.8. The third-order valence-electron chi connectivity index (χ3n) is 7.33. The van der Waals surface area contributed by atoms with Crippen molar-refractivity contribution in [3.8, 4) is 11.3 Å². The smallest absolute Gasteiger partial charge is 0.223 e. The van der Waals surface area contributed by atoms with E-state index in [0.29, 0.717) is 12.1 Å². The number of carbonyl (C=O) groups excluding carboxylic acids is 1. The molecular weight excluding hydrogens is 440 g/mol. The van der Waals surface area contributed by atoms with Gasteiger partial charge in [0.1, 0.15) is 11.6 Å². The van der Waals surface area contributed by atoms with E-state index in [9.17, 15) is 4.79 Å². The molecule has 8 heteroatoms. The van der Waals surface area contributed by atoms with Gasteiger partial charge in [-0.3, -0.25) is 9.78 Å². The molecule has 182 valence electrons. The van der Waals surface area contributed by atoms with E-state index in [4.69, 9.17) is 9.72 Å². The quantitative estimate of drug-likeness (QED) is 0.564. The third kappa shape index (κ3) is 5.07. The van der Waals surface area contributed by atoms with Gasteiger partial charge in [0, 0.05) is 79.2 Å². The molecule has 2 aliphatic heterocycles. The Morgan fingerprint density at radius 3 is 2.60 bits per heavy atom. The van der Waals surface area contributed by atoms with Crippen molar-refractivity contribution in [2.75, 3.05) is 36.5 Å². The van der Waals surface area contributed by atoms with Gasteiger partial charge in [0.2, 0.25) is 5.91 Å². The molecule has 3 aromatic heterocycles. The first kappa shape index (κ1) is 22.2. The molecule has 3 fully saturated rings. The Bertz CT molecular complexity index is 1200. The molecule has 1 amide bonds. The van der Waals surface area contributed by atoms with Gasteiger partial charge in [-0.2, -0.15) is 0 Å². The summed E-state index contributed by atoms with van der Waals surface area (Å²) < 4.78 is 5.48. The summed E-state index contributed by atoms with van der Waals surface area (Å²) in [5.41, 5.74) is 1.94. The number of nitrogens with one attached hydrogen (secondary N) is 2. The molecule has 2 saturated heterocycles. The van der Waals surface area contributed by atoms with Crippen LogP contribution in [-0.2, 0) is 9.53 Å². The van der Waals surface area contributed by atoms with Gasteiger partial charge in [-0.25, -0.2) is 9.97 Å². The van der Waals surface area contributed by atoms with E-state index in [1.807, 2.05) is 30.7 Å². The number of ether oxygens (including phenoxy) is 1. The minimum Gasteiger partial charge on any atom is -0.381 e. The summed E-state index contributed by atoms with van der Waals surface area (Å²) in [6.45, 7) is 3.23. The Morgan fingerprint density at radius 2 is 1.80 bits per heavy atom. The second-order valence-corrected chi connectivity index (χ2v) is 9.93. The molecule has 3 aliphatic rings. The zero-order valence-corrected chi connectivity index (χ0v) is 19.9. The lowest BCUT2D eigenvalue weighted by Crippen LogP contribution is -2.41. The summed E-state index contributed by atoms with van der Waals surface area (Å²) in [7, 11) is 0. The van der Waals surface area contributed by atoms with Crippen LogP contribution in [0.3, 0.4) is 0 Å². The molecule has 3 aromatic rings. The monoisotopic (exact) mass is 472 g/mol. The number of nitrogens with zero attached hydrogens (tertiary/aromatic N) is 4. The Hall–Kier alpha value is -3.26. The van der Waals surface area contributed by atoms with Crippen LogP contribution in [0.5, 0.6) is 0 Å². The van der Waals surface area contributed by atoms with Crippen LogP contribution in [-0.4, -0.2) is 59.2 Å². The summed E-state index contributed by atoms with van der Waals surface area (Å²) in [5, 5.41) is 8.90. The predicted molar refractivity (Wildman–Crippen MR) is 136 cm³/mol. The van der Waals surface area contributed by atoms with Crippen LogP contribution in [0.1, 0.15) is 38.5 Å². The summed E-state index contributed by atoms with van der Waals surface area (Å²) >= 11 is 0. The maximum atomic E-state index is 12.5. The molecule has 5 heterocycles. The highest BCUT2D eigenvalue weighted by Gasteiger charge is 2.30. The van der Waals surface area contributed by atoms with E-state index in [2.05, 4.69) is 37.6 Å². The van der Waals surface area contributed by atoms with Crippen molar-refractivity contribution in [1.82, 2.24) is 20.3 Å². The Labute approximate surface area is 205 Å². The Kier molecular flexibility index (Phi) is 6.21. The van der Waals surface area contributed by atoms with Gasteiger partial charge in [0.05, 0.1) is 5.69 Å². The van der Waals surface area contributed by atoms with Gasteiger partial charge in [-0.1, -0.05) is 0 Å². The molecule has 2 N–H and O–H groups in total. The van der Waals surface area contributed by atoms with Crippen LogP contribution in [0.4, 0.5) is 11.6 Å². The first-order chi connectivity index (χ1) is 17.2. The van der Waals surface area contributed by atoms with Crippen molar-refractivity contribution in [3.63, 3.8) is 0 Å². The van der Waals surface area contributed by atoms with Crippen LogP contribution < -0.4 is 15.5 Å². The average Bonchev–Trinajstić information content (AvgIpc) is 3.73. The van der Waals surface area contributed by atoms with E-state index < -0.39 is 0 Å². The minimum atomic E-state index is 0.0991.